The molecular weight excluding hydrogens is 440 g/mol. The van der Waals surface area contributed by atoms with Crippen LogP contribution in [0.25, 0.3) is 5.69 Å². The molecule has 0 aliphatic heterocycles. The topological polar surface area (TPSA) is 114 Å². The van der Waals surface area contributed by atoms with Crippen LogP contribution >= 0.6 is 0 Å². The normalized spacial score (nSPS) is 10.6. The predicted octanol–water partition coefficient (Wildman–Crippen LogP) is 1.71. The molecule has 10 nitrogen and oxygen atoms in total. The largest absolute Gasteiger partial charge is 0.497 e. The van der Waals surface area contributed by atoms with Gasteiger partial charge in [-0.25, -0.2) is 4.79 Å². The molecule has 0 radical (unpaired) electrons. The number of rotatable bonds is 10. The van der Waals surface area contributed by atoms with Crippen LogP contribution in [0.1, 0.15) is 29.9 Å². The average Bonchev–Trinajstić information content (AvgIpc) is 2.84. The molecule has 2 aromatic carbocycles. The number of carbonyl (C=O) groups is 1. The van der Waals surface area contributed by atoms with Gasteiger partial charge in [0.05, 0.1) is 26.0 Å². The van der Waals surface area contributed by atoms with Gasteiger partial charge >= 0.3 is 5.69 Å². The van der Waals surface area contributed by atoms with Gasteiger partial charge in [-0.3, -0.25) is 14.2 Å². The lowest BCUT2D eigenvalue weighted by atomic mass is 10.1. The number of nitrogens with zero attached hydrogens (tertiary/aromatic N) is 3. The van der Waals surface area contributed by atoms with Gasteiger partial charge in [0.2, 0.25) is 5.69 Å². The Bertz CT molecular complexity index is 1260. The van der Waals surface area contributed by atoms with Gasteiger partial charge in [0.1, 0.15) is 5.75 Å². The van der Waals surface area contributed by atoms with E-state index in [1.807, 2.05) is 32.0 Å². The molecule has 0 bridgehead atoms. The number of ether oxygens (including phenoxy) is 3. The van der Waals surface area contributed by atoms with Crippen molar-refractivity contribution in [2.75, 3.05) is 26.9 Å². The van der Waals surface area contributed by atoms with Gasteiger partial charge in [-0.15, -0.1) is 0 Å². The summed E-state index contributed by atoms with van der Waals surface area (Å²) < 4.78 is 18.2. The van der Waals surface area contributed by atoms with E-state index in [1.54, 1.807) is 24.3 Å². The van der Waals surface area contributed by atoms with Gasteiger partial charge in [0.25, 0.3) is 11.5 Å². The van der Waals surface area contributed by atoms with E-state index < -0.39 is 17.2 Å². The molecule has 180 valence electrons. The maximum atomic E-state index is 12.7. The monoisotopic (exact) mass is 468 g/mol. The van der Waals surface area contributed by atoms with Crippen molar-refractivity contribution in [2.45, 2.75) is 20.3 Å². The Morgan fingerprint density at radius 1 is 1.00 bits per heavy atom. The van der Waals surface area contributed by atoms with Crippen LogP contribution < -0.4 is 30.8 Å². The molecule has 0 spiro atoms. The van der Waals surface area contributed by atoms with Crippen LogP contribution in [0.15, 0.2) is 52.1 Å². The van der Waals surface area contributed by atoms with Crippen LogP contribution in [0, 0.1) is 0 Å². The summed E-state index contributed by atoms with van der Waals surface area (Å²) in [5.41, 5.74) is -0.485. The van der Waals surface area contributed by atoms with Crippen molar-refractivity contribution in [1.29, 1.82) is 0 Å². The standard InChI is InChI=1S/C24H28N4O6/c1-5-33-19-12-7-16(15-20(19)34-6-2)13-14-25-22(29)21-23(30)27(3)24(31)28(26-21)17-8-10-18(32-4)11-9-17/h7-12,15H,5-6,13-14H2,1-4H3,(H,25,29). The zero-order valence-electron chi connectivity index (χ0n) is 19.7. The fourth-order valence-corrected chi connectivity index (χ4v) is 3.26. The molecule has 0 aliphatic rings. The molecule has 10 heteroatoms. The van der Waals surface area contributed by atoms with E-state index in [2.05, 4.69) is 10.4 Å². The van der Waals surface area contributed by atoms with Crippen LogP contribution in [0.2, 0.25) is 0 Å². The van der Waals surface area contributed by atoms with Crippen molar-refractivity contribution >= 4 is 5.91 Å². The summed E-state index contributed by atoms with van der Waals surface area (Å²) in [4.78, 5) is 37.8. The first-order valence-corrected chi connectivity index (χ1v) is 10.9. The maximum Gasteiger partial charge on any atom is 0.351 e. The van der Waals surface area contributed by atoms with Crippen LogP contribution in [0.4, 0.5) is 0 Å². The van der Waals surface area contributed by atoms with Crippen molar-refractivity contribution in [3.63, 3.8) is 0 Å². The molecule has 34 heavy (non-hydrogen) atoms. The zero-order chi connectivity index (χ0) is 24.7. The molecule has 1 N–H and O–H groups in total. The quantitative estimate of drug-likeness (QED) is 0.482. The highest BCUT2D eigenvalue weighted by atomic mass is 16.5. The number of carbonyl (C=O) groups excluding carboxylic acids is 1. The van der Waals surface area contributed by atoms with Gasteiger partial charge in [0.15, 0.2) is 11.5 Å². The number of methoxy groups -OCH3 is 1. The molecule has 0 atom stereocenters. The lowest BCUT2D eigenvalue weighted by Gasteiger charge is -2.13. The van der Waals surface area contributed by atoms with Crippen molar-refractivity contribution in [3.8, 4) is 22.9 Å². The highest BCUT2D eigenvalue weighted by Crippen LogP contribution is 2.28. The summed E-state index contributed by atoms with van der Waals surface area (Å²) >= 11 is 0. The third-order valence-corrected chi connectivity index (χ3v) is 5.01. The molecule has 0 aliphatic carbocycles. The third-order valence-electron chi connectivity index (χ3n) is 5.01. The van der Waals surface area contributed by atoms with Gasteiger partial charge in [-0.1, -0.05) is 6.07 Å². The van der Waals surface area contributed by atoms with Gasteiger partial charge < -0.3 is 19.5 Å². The molecule has 1 heterocycles. The Morgan fingerprint density at radius 3 is 2.32 bits per heavy atom. The van der Waals surface area contributed by atoms with Gasteiger partial charge in [0, 0.05) is 13.6 Å². The second-order valence-electron chi connectivity index (χ2n) is 7.26. The molecule has 0 fully saturated rings. The molecule has 3 aromatic rings. The Hall–Kier alpha value is -4.08. The average molecular weight is 469 g/mol. The number of aromatic nitrogens is 3. The first-order chi connectivity index (χ1) is 16.4. The number of nitrogens with one attached hydrogen (secondary N) is 1. The number of amides is 1. The van der Waals surface area contributed by atoms with Crippen LogP contribution in [0.3, 0.4) is 0 Å². The summed E-state index contributed by atoms with van der Waals surface area (Å²) in [5, 5.41) is 6.74. The lowest BCUT2D eigenvalue weighted by Crippen LogP contribution is -2.44. The summed E-state index contributed by atoms with van der Waals surface area (Å²) in [6, 6.07) is 12.1. The number of benzene rings is 2. The summed E-state index contributed by atoms with van der Waals surface area (Å²) in [6.45, 7) is 5.07. The summed E-state index contributed by atoms with van der Waals surface area (Å²) in [5.74, 6) is 1.22. The van der Waals surface area contributed by atoms with E-state index in [0.717, 1.165) is 14.8 Å². The second-order valence-corrected chi connectivity index (χ2v) is 7.26. The number of hydrogen-bond acceptors (Lipinski definition) is 7. The first-order valence-electron chi connectivity index (χ1n) is 10.9. The van der Waals surface area contributed by atoms with E-state index in [1.165, 1.54) is 14.2 Å². The highest BCUT2D eigenvalue weighted by Gasteiger charge is 2.18. The molecule has 1 amide bonds. The first kappa shape index (κ1) is 24.6. The molecule has 0 saturated heterocycles. The summed E-state index contributed by atoms with van der Waals surface area (Å²) in [7, 11) is 2.83. The lowest BCUT2D eigenvalue weighted by molar-refractivity contribution is 0.0944. The van der Waals surface area contributed by atoms with Crippen LogP contribution in [0.5, 0.6) is 17.2 Å². The summed E-state index contributed by atoms with van der Waals surface area (Å²) in [6.07, 6.45) is 0.497. The van der Waals surface area contributed by atoms with Crippen LogP contribution in [-0.4, -0.2) is 47.1 Å². The van der Waals surface area contributed by atoms with Crippen molar-refractivity contribution in [3.05, 3.63) is 74.6 Å². The zero-order valence-corrected chi connectivity index (χ0v) is 19.7. The maximum absolute atomic E-state index is 12.7. The van der Waals surface area contributed by atoms with Crippen molar-refractivity contribution < 1.29 is 19.0 Å². The Morgan fingerprint density at radius 2 is 1.68 bits per heavy atom. The Labute approximate surface area is 196 Å². The Balaban J connectivity index is 1.77. The minimum absolute atomic E-state index is 0.255. The third kappa shape index (κ3) is 5.45. The molecule has 1 aromatic heterocycles. The Kier molecular flexibility index (Phi) is 8.07. The van der Waals surface area contributed by atoms with Crippen molar-refractivity contribution in [2.24, 2.45) is 7.05 Å². The number of hydrogen-bond donors (Lipinski definition) is 1. The minimum atomic E-state index is -0.771. The van der Waals surface area contributed by atoms with E-state index in [0.29, 0.717) is 42.6 Å². The van der Waals surface area contributed by atoms with E-state index in [4.69, 9.17) is 14.2 Å². The minimum Gasteiger partial charge on any atom is -0.497 e. The van der Waals surface area contributed by atoms with E-state index >= 15 is 0 Å². The fraction of sp³-hybridized carbons (Fsp3) is 0.333. The van der Waals surface area contributed by atoms with Crippen molar-refractivity contribution in [1.82, 2.24) is 19.7 Å². The molecule has 0 unspecified atom stereocenters. The van der Waals surface area contributed by atoms with E-state index in [9.17, 15) is 14.4 Å². The smallest absolute Gasteiger partial charge is 0.351 e. The van der Waals surface area contributed by atoms with Crippen LogP contribution in [-0.2, 0) is 13.5 Å². The predicted molar refractivity (Wildman–Crippen MR) is 126 cm³/mol. The molecule has 0 saturated carbocycles. The SMILES string of the molecule is CCOc1ccc(CCNC(=O)c2nn(-c3ccc(OC)cc3)c(=O)n(C)c2=O)cc1OCC. The highest BCUT2D eigenvalue weighted by molar-refractivity contribution is 5.91. The molecule has 3 rings (SSSR count). The second kappa shape index (κ2) is 11.2. The molecular formula is C24H28N4O6. The fourth-order valence-electron chi connectivity index (χ4n) is 3.26. The van der Waals surface area contributed by atoms with Gasteiger partial charge in [-0.2, -0.15) is 9.78 Å². The van der Waals surface area contributed by atoms with Gasteiger partial charge in [-0.05, 0) is 62.2 Å². The van der Waals surface area contributed by atoms with E-state index in [-0.39, 0.29) is 12.2 Å².